The molecule has 1 heterocycles. The average Bonchev–Trinajstić information content (AvgIpc) is 2.89. The van der Waals surface area contributed by atoms with Gasteiger partial charge < -0.3 is 30.9 Å². The van der Waals surface area contributed by atoms with Gasteiger partial charge in [-0.15, -0.1) is 0 Å². The number of pyridine rings is 1. The first-order valence-corrected chi connectivity index (χ1v) is 11.2. The number of nitrogens with zero attached hydrogens (tertiary/aromatic N) is 1. The number of anilines is 2. The maximum absolute atomic E-state index is 12.9. The first kappa shape index (κ1) is 31.1. The van der Waals surface area contributed by atoms with Gasteiger partial charge >= 0.3 is 24.1 Å². The average molecular weight is 581 g/mol. The lowest BCUT2D eigenvalue weighted by molar-refractivity contribution is -0.137. The van der Waals surface area contributed by atoms with Crippen molar-refractivity contribution in [3.8, 4) is 11.5 Å². The van der Waals surface area contributed by atoms with E-state index >= 15 is 0 Å². The van der Waals surface area contributed by atoms with Crippen LogP contribution in [-0.2, 0) is 15.8 Å². The van der Waals surface area contributed by atoms with E-state index in [1.54, 1.807) is 30.3 Å². The molecule has 3 aromatic rings. The Hall–Kier alpha value is -5.11. The number of carbonyl (C=O) groups excluding carboxylic acids is 2. The van der Waals surface area contributed by atoms with Gasteiger partial charge in [-0.25, -0.2) is 14.4 Å². The summed E-state index contributed by atoms with van der Waals surface area (Å²) in [5, 5.41) is 22.5. The summed E-state index contributed by atoms with van der Waals surface area (Å²) in [5.41, 5.74) is -0.547. The molecule has 0 spiro atoms. The quantitative estimate of drug-likeness (QED) is 0.236. The molecule has 0 radical (unpaired) electrons. The highest BCUT2D eigenvalue weighted by Gasteiger charge is 2.33. The van der Waals surface area contributed by atoms with Crippen LogP contribution >= 0.6 is 11.6 Å². The lowest BCUT2D eigenvalue weighted by Crippen LogP contribution is -2.19. The third-order valence-electron chi connectivity index (χ3n) is 4.44. The Balaban J connectivity index is 0.000000611. The number of halogens is 4. The molecule has 2 aromatic carbocycles. The summed E-state index contributed by atoms with van der Waals surface area (Å²) in [5.74, 6) is -2.05. The van der Waals surface area contributed by atoms with E-state index < -0.39 is 34.7 Å². The Morgan fingerprint density at radius 3 is 2.00 bits per heavy atom. The number of carboxylic acids is 2. The molecule has 1 aromatic heterocycles. The predicted octanol–water partition coefficient (Wildman–Crippen LogP) is 5.26. The van der Waals surface area contributed by atoms with Gasteiger partial charge in [-0.2, -0.15) is 13.2 Å². The summed E-state index contributed by atoms with van der Waals surface area (Å²) >= 11 is 5.57. The molecular formula is C25H20ClF3N4O7. The molecule has 40 heavy (non-hydrogen) atoms. The van der Waals surface area contributed by atoms with Gasteiger partial charge in [-0.1, -0.05) is 11.6 Å². The number of aliphatic carboxylic acids is 2. The van der Waals surface area contributed by atoms with Crippen molar-refractivity contribution < 1.29 is 47.3 Å². The van der Waals surface area contributed by atoms with Gasteiger partial charge in [0.05, 0.1) is 10.6 Å². The Morgan fingerprint density at radius 1 is 0.875 bits per heavy atom. The van der Waals surface area contributed by atoms with Crippen LogP contribution in [0.3, 0.4) is 0 Å². The largest absolute Gasteiger partial charge is 0.478 e. The van der Waals surface area contributed by atoms with Crippen molar-refractivity contribution in [3.63, 3.8) is 0 Å². The van der Waals surface area contributed by atoms with E-state index in [1.165, 1.54) is 25.4 Å². The van der Waals surface area contributed by atoms with Gasteiger partial charge in [0.25, 0.3) is 5.91 Å². The summed E-state index contributed by atoms with van der Waals surface area (Å²) in [4.78, 5) is 46.8. The zero-order chi connectivity index (χ0) is 29.9. The molecule has 0 bridgehead atoms. The molecule has 3 rings (SSSR count). The fourth-order valence-corrected chi connectivity index (χ4v) is 2.95. The molecule has 0 fully saturated rings. The molecule has 210 valence electrons. The summed E-state index contributed by atoms with van der Waals surface area (Å²) in [6.07, 6.45) is -2.09. The van der Waals surface area contributed by atoms with Crippen molar-refractivity contribution in [3.05, 3.63) is 89.2 Å². The number of ether oxygens (including phenoxy) is 1. The number of amides is 3. The standard InChI is InChI=1S/C21H16ClF3N4O3.C4H4O4/c1-26-19(30)18-11-15(8-9-27-18)32-14-5-2-12(3-6-14)28-20(31)29-13-4-7-17(22)16(10-13)21(23,24)25;5-3(6)1-2-4(7)8/h2-11H,1H3,(H,26,30)(H2,28,29,31);1-2H,(H,5,6)(H,7,8)/b;2-1-. The van der Waals surface area contributed by atoms with Crippen LogP contribution in [0, 0.1) is 0 Å². The number of benzene rings is 2. The summed E-state index contributed by atoms with van der Waals surface area (Å²) < 4.78 is 44.5. The Bertz CT molecular complexity index is 1400. The van der Waals surface area contributed by atoms with Crippen molar-refractivity contribution >= 4 is 46.9 Å². The van der Waals surface area contributed by atoms with E-state index in [4.69, 9.17) is 26.6 Å². The van der Waals surface area contributed by atoms with Crippen molar-refractivity contribution in [2.75, 3.05) is 17.7 Å². The summed E-state index contributed by atoms with van der Waals surface area (Å²) in [6, 6.07) is 11.6. The molecule has 3 amide bonds. The molecule has 0 saturated heterocycles. The second kappa shape index (κ2) is 14.2. The molecule has 0 saturated carbocycles. The van der Waals surface area contributed by atoms with Gasteiger partial charge in [0, 0.05) is 42.8 Å². The first-order valence-electron chi connectivity index (χ1n) is 10.8. The lowest BCUT2D eigenvalue weighted by Gasteiger charge is -2.12. The van der Waals surface area contributed by atoms with Gasteiger partial charge in [0.1, 0.15) is 17.2 Å². The number of alkyl halides is 3. The van der Waals surface area contributed by atoms with Crippen LogP contribution < -0.4 is 20.7 Å². The van der Waals surface area contributed by atoms with Crippen molar-refractivity contribution in [1.82, 2.24) is 10.3 Å². The highest BCUT2D eigenvalue weighted by molar-refractivity contribution is 6.31. The van der Waals surface area contributed by atoms with E-state index in [9.17, 15) is 32.3 Å². The molecule has 0 unspecified atom stereocenters. The van der Waals surface area contributed by atoms with Crippen LogP contribution in [0.25, 0.3) is 0 Å². The first-order chi connectivity index (χ1) is 18.8. The topological polar surface area (TPSA) is 167 Å². The van der Waals surface area contributed by atoms with Crippen LogP contribution in [0.4, 0.5) is 29.3 Å². The fourth-order valence-electron chi connectivity index (χ4n) is 2.73. The minimum Gasteiger partial charge on any atom is -0.478 e. The smallest absolute Gasteiger partial charge is 0.417 e. The number of hydrogen-bond donors (Lipinski definition) is 5. The molecule has 11 nitrogen and oxygen atoms in total. The van der Waals surface area contributed by atoms with Crippen LogP contribution in [0.2, 0.25) is 5.02 Å². The van der Waals surface area contributed by atoms with E-state index in [0.29, 0.717) is 29.3 Å². The van der Waals surface area contributed by atoms with E-state index in [2.05, 4.69) is 20.9 Å². The van der Waals surface area contributed by atoms with Crippen LogP contribution in [-0.4, -0.2) is 46.1 Å². The minimum absolute atomic E-state index is 0.0659. The van der Waals surface area contributed by atoms with E-state index in [0.717, 1.165) is 12.1 Å². The maximum atomic E-state index is 12.9. The molecule has 5 N–H and O–H groups in total. The van der Waals surface area contributed by atoms with Crippen molar-refractivity contribution in [2.45, 2.75) is 6.18 Å². The monoisotopic (exact) mass is 580 g/mol. The molecule has 0 aliphatic heterocycles. The Kier molecular flexibility index (Phi) is 11.0. The molecule has 0 aliphatic rings. The number of urea groups is 1. The van der Waals surface area contributed by atoms with E-state index in [1.807, 2.05) is 0 Å². The summed E-state index contributed by atoms with van der Waals surface area (Å²) in [6.45, 7) is 0. The molecular weight excluding hydrogens is 561 g/mol. The third kappa shape index (κ3) is 10.3. The summed E-state index contributed by atoms with van der Waals surface area (Å²) in [7, 11) is 1.49. The molecule has 0 aliphatic carbocycles. The number of rotatable bonds is 7. The Labute approximate surface area is 229 Å². The highest BCUT2D eigenvalue weighted by atomic mass is 35.5. The zero-order valence-electron chi connectivity index (χ0n) is 20.3. The van der Waals surface area contributed by atoms with Crippen molar-refractivity contribution in [1.29, 1.82) is 0 Å². The van der Waals surface area contributed by atoms with Gasteiger partial charge in [0.15, 0.2) is 0 Å². The van der Waals surface area contributed by atoms with Crippen LogP contribution in [0.5, 0.6) is 11.5 Å². The number of carbonyl (C=O) groups is 4. The predicted molar refractivity (Wildman–Crippen MR) is 138 cm³/mol. The van der Waals surface area contributed by atoms with Crippen LogP contribution in [0.15, 0.2) is 72.9 Å². The minimum atomic E-state index is -4.64. The Morgan fingerprint density at radius 2 is 1.45 bits per heavy atom. The second-order valence-corrected chi connectivity index (χ2v) is 7.77. The van der Waals surface area contributed by atoms with Crippen molar-refractivity contribution in [2.24, 2.45) is 0 Å². The zero-order valence-corrected chi connectivity index (χ0v) is 21.1. The lowest BCUT2D eigenvalue weighted by atomic mass is 10.2. The van der Waals surface area contributed by atoms with Crippen LogP contribution in [0.1, 0.15) is 16.1 Å². The number of nitrogens with one attached hydrogen (secondary N) is 3. The van der Waals surface area contributed by atoms with Gasteiger partial charge in [0.2, 0.25) is 0 Å². The number of aromatic nitrogens is 1. The van der Waals surface area contributed by atoms with Gasteiger partial charge in [-0.3, -0.25) is 9.78 Å². The molecule has 15 heteroatoms. The fraction of sp³-hybridized carbons (Fsp3) is 0.0800. The second-order valence-electron chi connectivity index (χ2n) is 7.36. The SMILES string of the molecule is CNC(=O)c1cc(Oc2ccc(NC(=O)Nc3ccc(Cl)c(C(F)(F)F)c3)cc2)ccn1.O=C(O)/C=C\C(=O)O. The number of carboxylic acid groups (broad SMARTS) is 2. The van der Waals surface area contributed by atoms with Gasteiger partial charge in [-0.05, 0) is 48.5 Å². The molecule has 0 atom stereocenters. The third-order valence-corrected chi connectivity index (χ3v) is 4.77. The highest BCUT2D eigenvalue weighted by Crippen LogP contribution is 2.36. The normalized spacial score (nSPS) is 10.6. The van der Waals surface area contributed by atoms with E-state index in [-0.39, 0.29) is 17.3 Å². The maximum Gasteiger partial charge on any atom is 0.417 e. The number of hydrogen-bond acceptors (Lipinski definition) is 6.